The molecule has 160 valence electrons. The molecule has 0 spiro atoms. The molecule has 3 N–H and O–H groups in total. The first-order valence-corrected chi connectivity index (χ1v) is 9.24. The minimum Gasteiger partial charge on any atom is -0.477 e. The van der Waals surface area contributed by atoms with Crippen LogP contribution in [0, 0.1) is 19.3 Å². The van der Waals surface area contributed by atoms with Gasteiger partial charge in [-0.25, -0.2) is 4.98 Å². The predicted molar refractivity (Wildman–Crippen MR) is 96.1 cm³/mol. The zero-order valence-electron chi connectivity index (χ0n) is 16.2. The fraction of sp³-hybridized carbons (Fsp3) is 0.579. The third kappa shape index (κ3) is 5.06. The second-order valence-electron chi connectivity index (χ2n) is 7.62. The van der Waals surface area contributed by atoms with Crippen molar-refractivity contribution < 1.29 is 32.6 Å². The van der Waals surface area contributed by atoms with E-state index in [0.717, 1.165) is 29.6 Å². The van der Waals surface area contributed by atoms with Gasteiger partial charge in [-0.2, -0.15) is 13.2 Å². The van der Waals surface area contributed by atoms with E-state index in [0.29, 0.717) is 31.7 Å². The molecular formula is C19H24F3N3O4. The van der Waals surface area contributed by atoms with Crippen LogP contribution in [0.3, 0.4) is 0 Å². The van der Waals surface area contributed by atoms with Crippen LogP contribution in [0.1, 0.15) is 35.4 Å². The number of aromatic nitrogens is 2. The molecule has 3 atom stereocenters. The molecule has 0 aliphatic heterocycles. The van der Waals surface area contributed by atoms with Crippen LogP contribution < -0.4 is 10.1 Å². The molecule has 3 rings (SSSR count). The van der Waals surface area contributed by atoms with Crippen LogP contribution in [0.5, 0.6) is 5.88 Å². The highest BCUT2D eigenvalue weighted by Gasteiger charge is 2.44. The van der Waals surface area contributed by atoms with Gasteiger partial charge in [-0.05, 0) is 32.8 Å². The maximum atomic E-state index is 12.7. The molecular weight excluding hydrogens is 391 g/mol. The van der Waals surface area contributed by atoms with E-state index in [2.05, 4.69) is 15.5 Å². The van der Waals surface area contributed by atoms with Crippen molar-refractivity contribution in [1.29, 1.82) is 0 Å². The Hall–Kier alpha value is -2.17. The van der Waals surface area contributed by atoms with E-state index >= 15 is 0 Å². The molecule has 0 saturated heterocycles. The average Bonchev–Trinajstić information content (AvgIpc) is 3.13. The average molecular weight is 415 g/mol. The summed E-state index contributed by atoms with van der Waals surface area (Å²) in [7, 11) is 0. The first-order chi connectivity index (χ1) is 13.6. The first-order valence-electron chi connectivity index (χ1n) is 9.24. The number of aliphatic hydroxyl groups excluding tert-OH is 2. The number of nitrogens with one attached hydrogen (secondary N) is 1. The van der Waals surface area contributed by atoms with Crippen molar-refractivity contribution >= 4 is 0 Å². The maximum Gasteiger partial charge on any atom is 0.417 e. The van der Waals surface area contributed by atoms with Gasteiger partial charge in [0.15, 0.2) is 0 Å². The van der Waals surface area contributed by atoms with Gasteiger partial charge in [-0.3, -0.25) is 0 Å². The van der Waals surface area contributed by atoms with E-state index in [1.807, 2.05) is 13.8 Å². The van der Waals surface area contributed by atoms with Crippen LogP contribution in [0.25, 0.3) is 0 Å². The summed E-state index contributed by atoms with van der Waals surface area (Å²) in [4.78, 5) is 3.71. The Labute approximate surface area is 165 Å². The molecule has 7 nitrogen and oxygen atoms in total. The van der Waals surface area contributed by atoms with Gasteiger partial charge in [0.25, 0.3) is 0 Å². The Morgan fingerprint density at radius 2 is 1.93 bits per heavy atom. The second kappa shape index (κ2) is 8.29. The Balaban J connectivity index is 1.64. The Morgan fingerprint density at radius 1 is 1.24 bits per heavy atom. The van der Waals surface area contributed by atoms with Crippen molar-refractivity contribution in [3.63, 3.8) is 0 Å². The topological polar surface area (TPSA) is 101 Å². The molecule has 10 heteroatoms. The fourth-order valence-electron chi connectivity index (χ4n) is 3.62. The van der Waals surface area contributed by atoms with Gasteiger partial charge in [0.1, 0.15) is 5.76 Å². The van der Waals surface area contributed by atoms with Crippen LogP contribution in [-0.2, 0) is 12.7 Å². The molecule has 0 bridgehead atoms. The van der Waals surface area contributed by atoms with Crippen molar-refractivity contribution in [3.8, 4) is 5.88 Å². The van der Waals surface area contributed by atoms with Crippen LogP contribution in [-0.4, -0.2) is 45.7 Å². The van der Waals surface area contributed by atoms with E-state index in [1.54, 1.807) is 0 Å². The SMILES string of the molecule is Cc1noc(C)c1CNCC1(COc2ccc(C(F)(F)F)cn2)C[C@@H](O)[C@@H](O)C1. The fourth-order valence-corrected chi connectivity index (χ4v) is 3.62. The molecule has 1 aliphatic rings. The number of hydrogen-bond acceptors (Lipinski definition) is 7. The molecule has 1 unspecified atom stereocenters. The molecule has 0 radical (unpaired) electrons. The highest BCUT2D eigenvalue weighted by molar-refractivity contribution is 5.21. The highest BCUT2D eigenvalue weighted by atomic mass is 19.4. The summed E-state index contributed by atoms with van der Waals surface area (Å²) in [5, 5.41) is 27.2. The monoisotopic (exact) mass is 415 g/mol. The van der Waals surface area contributed by atoms with Crippen molar-refractivity contribution in [2.75, 3.05) is 13.2 Å². The van der Waals surface area contributed by atoms with Crippen LogP contribution >= 0.6 is 0 Å². The number of ether oxygens (including phenoxy) is 1. The molecule has 2 heterocycles. The van der Waals surface area contributed by atoms with Gasteiger partial charge in [-0.1, -0.05) is 5.16 Å². The predicted octanol–water partition coefficient (Wildman–Crippen LogP) is 2.38. The van der Waals surface area contributed by atoms with E-state index in [1.165, 1.54) is 0 Å². The van der Waals surface area contributed by atoms with Crippen molar-refractivity contribution in [3.05, 3.63) is 40.9 Å². The van der Waals surface area contributed by atoms with E-state index < -0.39 is 29.4 Å². The number of rotatable bonds is 7. The maximum absolute atomic E-state index is 12.7. The molecule has 1 saturated carbocycles. The van der Waals surface area contributed by atoms with Crippen LogP contribution in [0.15, 0.2) is 22.9 Å². The minimum absolute atomic E-state index is 0.0546. The van der Waals surface area contributed by atoms with E-state index in [4.69, 9.17) is 9.26 Å². The largest absolute Gasteiger partial charge is 0.477 e. The summed E-state index contributed by atoms with van der Waals surface area (Å²) >= 11 is 0. The number of pyridine rings is 1. The number of nitrogens with zero attached hydrogens (tertiary/aromatic N) is 2. The van der Waals surface area contributed by atoms with Crippen molar-refractivity contribution in [2.45, 2.75) is 51.6 Å². The van der Waals surface area contributed by atoms with Crippen LogP contribution in [0.2, 0.25) is 0 Å². The van der Waals surface area contributed by atoms with Gasteiger partial charge in [-0.15, -0.1) is 0 Å². The van der Waals surface area contributed by atoms with Crippen molar-refractivity contribution in [2.24, 2.45) is 5.41 Å². The lowest BCUT2D eigenvalue weighted by molar-refractivity contribution is -0.137. The second-order valence-corrected chi connectivity index (χ2v) is 7.62. The summed E-state index contributed by atoms with van der Waals surface area (Å²) < 4.78 is 48.7. The standard InChI is InChI=1S/C19H24F3N3O4/c1-11-14(12(2)29-25-11)8-23-9-18(5-15(26)16(27)6-18)10-28-17-4-3-13(7-24-17)19(20,21)22/h3-4,7,15-16,23,26-27H,5-6,8-10H2,1-2H3/t15-,16+,18?. The third-order valence-electron chi connectivity index (χ3n) is 5.30. The number of aliphatic hydroxyl groups is 2. The zero-order valence-corrected chi connectivity index (χ0v) is 16.2. The lowest BCUT2D eigenvalue weighted by Gasteiger charge is -2.29. The highest BCUT2D eigenvalue weighted by Crippen LogP contribution is 2.39. The number of halogens is 3. The molecule has 1 aliphatic carbocycles. The molecule has 2 aromatic rings. The minimum atomic E-state index is -4.46. The summed E-state index contributed by atoms with van der Waals surface area (Å²) in [5.74, 6) is 0.764. The summed E-state index contributed by atoms with van der Waals surface area (Å²) in [6, 6.07) is 2.07. The van der Waals surface area contributed by atoms with Crippen LogP contribution in [0.4, 0.5) is 13.2 Å². The van der Waals surface area contributed by atoms with Crippen molar-refractivity contribution in [1.82, 2.24) is 15.5 Å². The first kappa shape index (κ1) is 21.5. The lowest BCUT2D eigenvalue weighted by atomic mass is 9.86. The molecule has 0 amide bonds. The molecule has 0 aromatic carbocycles. The van der Waals surface area contributed by atoms with E-state index in [9.17, 15) is 23.4 Å². The summed E-state index contributed by atoms with van der Waals surface area (Å²) in [5.41, 5.74) is 0.264. The normalized spacial score (nSPS) is 24.8. The Morgan fingerprint density at radius 3 is 2.45 bits per heavy atom. The Kier molecular flexibility index (Phi) is 6.16. The summed E-state index contributed by atoms with van der Waals surface area (Å²) in [6.07, 6.45) is -4.93. The summed E-state index contributed by atoms with van der Waals surface area (Å²) in [6.45, 7) is 4.66. The Bertz CT molecular complexity index is 794. The molecule has 2 aromatic heterocycles. The van der Waals surface area contributed by atoms with E-state index in [-0.39, 0.29) is 12.5 Å². The lowest BCUT2D eigenvalue weighted by Crippen LogP contribution is -2.38. The van der Waals surface area contributed by atoms with Gasteiger partial charge >= 0.3 is 6.18 Å². The van der Waals surface area contributed by atoms with Gasteiger partial charge < -0.3 is 24.8 Å². The number of alkyl halides is 3. The van der Waals surface area contributed by atoms with Gasteiger partial charge in [0.2, 0.25) is 5.88 Å². The van der Waals surface area contributed by atoms with Gasteiger partial charge in [0.05, 0.1) is 30.1 Å². The smallest absolute Gasteiger partial charge is 0.417 e. The quantitative estimate of drug-likeness (QED) is 0.638. The third-order valence-corrected chi connectivity index (χ3v) is 5.30. The van der Waals surface area contributed by atoms with Gasteiger partial charge in [0, 0.05) is 36.3 Å². The number of aryl methyl sites for hydroxylation is 2. The number of hydrogen-bond donors (Lipinski definition) is 3. The zero-order chi connectivity index (χ0) is 21.2. The molecule has 29 heavy (non-hydrogen) atoms. The molecule has 1 fully saturated rings.